The largest absolute Gasteiger partial charge is 0.493 e. The summed E-state index contributed by atoms with van der Waals surface area (Å²) < 4.78 is 33.9. The fourth-order valence-electron chi connectivity index (χ4n) is 1.99. The quantitative estimate of drug-likeness (QED) is 0.887. The number of nitrogens with one attached hydrogen (secondary N) is 1. The zero-order valence-corrected chi connectivity index (χ0v) is 12.6. The molecule has 0 saturated heterocycles. The Kier molecular flexibility index (Phi) is 5.46. The van der Waals surface area contributed by atoms with E-state index in [-0.39, 0.29) is 29.0 Å². The van der Waals surface area contributed by atoms with Crippen molar-refractivity contribution in [3.63, 3.8) is 0 Å². The number of methoxy groups -OCH3 is 1. The second-order valence-corrected chi connectivity index (χ2v) is 4.69. The molecule has 2 aromatic rings. The number of benzene rings is 1. The molecule has 7 heteroatoms. The van der Waals surface area contributed by atoms with Gasteiger partial charge in [-0.15, -0.1) is 0 Å². The van der Waals surface area contributed by atoms with Gasteiger partial charge in [-0.25, -0.2) is 0 Å². The Morgan fingerprint density at radius 1 is 1.22 bits per heavy atom. The smallest absolute Gasteiger partial charge is 0.387 e. The highest BCUT2D eigenvalue weighted by Gasteiger charge is 2.16. The Bertz CT molecular complexity index is 666. The summed E-state index contributed by atoms with van der Waals surface area (Å²) in [5.74, 6) is -0.440. The Hall–Kier alpha value is -2.70. The average Bonchev–Trinajstić information content (AvgIpc) is 2.55. The van der Waals surface area contributed by atoms with E-state index in [9.17, 15) is 13.6 Å². The maximum absolute atomic E-state index is 12.3. The first kappa shape index (κ1) is 16.7. The molecule has 0 aliphatic rings. The Morgan fingerprint density at radius 2 is 2.00 bits per heavy atom. The van der Waals surface area contributed by atoms with Crippen molar-refractivity contribution in [2.45, 2.75) is 19.6 Å². The molecule has 0 fully saturated rings. The maximum atomic E-state index is 12.3. The van der Waals surface area contributed by atoms with Crippen LogP contribution in [0.5, 0.6) is 11.5 Å². The number of halogens is 2. The van der Waals surface area contributed by atoms with Crippen LogP contribution in [-0.2, 0) is 0 Å². The zero-order valence-electron chi connectivity index (χ0n) is 12.6. The lowest BCUT2D eigenvalue weighted by Crippen LogP contribution is -2.27. The molecule has 1 aromatic carbocycles. The van der Waals surface area contributed by atoms with Crippen molar-refractivity contribution in [1.29, 1.82) is 0 Å². The third kappa shape index (κ3) is 4.38. The predicted molar refractivity (Wildman–Crippen MR) is 79.7 cm³/mol. The van der Waals surface area contributed by atoms with E-state index < -0.39 is 6.61 Å². The molecule has 1 amide bonds. The first-order valence-electron chi connectivity index (χ1n) is 6.86. The number of rotatable bonds is 6. The first-order chi connectivity index (χ1) is 11.0. The van der Waals surface area contributed by atoms with Crippen LogP contribution in [0.2, 0.25) is 0 Å². The van der Waals surface area contributed by atoms with E-state index in [2.05, 4.69) is 15.0 Å². The van der Waals surface area contributed by atoms with Crippen molar-refractivity contribution in [3.05, 3.63) is 53.9 Å². The highest BCUT2D eigenvalue weighted by atomic mass is 19.3. The van der Waals surface area contributed by atoms with Crippen molar-refractivity contribution >= 4 is 5.91 Å². The summed E-state index contributed by atoms with van der Waals surface area (Å²) in [5.41, 5.74) is 0.983. The van der Waals surface area contributed by atoms with Gasteiger partial charge in [-0.1, -0.05) is 6.07 Å². The molecule has 0 aliphatic heterocycles. The van der Waals surface area contributed by atoms with E-state index >= 15 is 0 Å². The number of hydrogen-bond acceptors (Lipinski definition) is 4. The molecular weight excluding hydrogens is 306 g/mol. The molecule has 0 aliphatic carbocycles. The zero-order chi connectivity index (χ0) is 16.8. The fraction of sp³-hybridized carbons (Fsp3) is 0.250. The minimum atomic E-state index is -2.97. The van der Waals surface area contributed by atoms with Crippen LogP contribution in [0.4, 0.5) is 8.78 Å². The third-order valence-electron chi connectivity index (χ3n) is 3.12. The van der Waals surface area contributed by atoms with Crippen LogP contribution in [0.3, 0.4) is 0 Å². The van der Waals surface area contributed by atoms with E-state index in [1.807, 2.05) is 6.07 Å². The molecule has 1 aromatic heterocycles. The van der Waals surface area contributed by atoms with Crippen LogP contribution in [0.15, 0.2) is 42.6 Å². The molecule has 5 nitrogen and oxygen atoms in total. The monoisotopic (exact) mass is 322 g/mol. The standard InChI is InChI=1S/C16H16F2N2O3/c1-10(12-5-3-4-8-19-12)20-15(21)11-6-7-13(23-16(17)18)14(9-11)22-2/h3-10,16H,1-2H3,(H,20,21)/t10-/m1/s1. The molecule has 0 radical (unpaired) electrons. The Labute approximate surface area is 132 Å². The van der Waals surface area contributed by atoms with Gasteiger partial charge >= 0.3 is 6.61 Å². The molecule has 0 spiro atoms. The number of carbonyl (C=O) groups is 1. The summed E-state index contributed by atoms with van der Waals surface area (Å²) in [7, 11) is 1.31. The molecular formula is C16H16F2N2O3. The average molecular weight is 322 g/mol. The molecule has 23 heavy (non-hydrogen) atoms. The van der Waals surface area contributed by atoms with Gasteiger partial charge in [-0.3, -0.25) is 9.78 Å². The van der Waals surface area contributed by atoms with Crippen molar-refractivity contribution in [1.82, 2.24) is 10.3 Å². The van der Waals surface area contributed by atoms with Crippen LogP contribution >= 0.6 is 0 Å². The lowest BCUT2D eigenvalue weighted by molar-refractivity contribution is -0.0512. The lowest BCUT2D eigenvalue weighted by Gasteiger charge is -2.15. The number of pyridine rings is 1. The van der Waals surface area contributed by atoms with Gasteiger partial charge in [0.25, 0.3) is 5.91 Å². The molecule has 1 N–H and O–H groups in total. The van der Waals surface area contributed by atoms with E-state index in [1.54, 1.807) is 25.3 Å². The van der Waals surface area contributed by atoms with Crippen molar-refractivity contribution in [3.8, 4) is 11.5 Å². The molecule has 2 rings (SSSR count). The minimum absolute atomic E-state index is 0.0587. The summed E-state index contributed by atoms with van der Waals surface area (Å²) in [4.78, 5) is 16.4. The molecule has 1 atom stereocenters. The number of ether oxygens (including phenoxy) is 2. The number of hydrogen-bond donors (Lipinski definition) is 1. The van der Waals surface area contributed by atoms with Crippen molar-refractivity contribution in [2.24, 2.45) is 0 Å². The number of alkyl halides is 2. The number of nitrogens with zero attached hydrogens (tertiary/aromatic N) is 1. The summed E-state index contributed by atoms with van der Waals surface area (Å²) >= 11 is 0. The van der Waals surface area contributed by atoms with Crippen molar-refractivity contribution < 1.29 is 23.0 Å². The first-order valence-corrected chi connectivity index (χ1v) is 6.86. The molecule has 0 bridgehead atoms. The highest BCUT2D eigenvalue weighted by molar-refractivity contribution is 5.95. The van der Waals surface area contributed by atoms with Crippen LogP contribution < -0.4 is 14.8 Å². The molecule has 1 heterocycles. The van der Waals surface area contributed by atoms with Gasteiger partial charge in [0.1, 0.15) is 0 Å². The van der Waals surface area contributed by atoms with Gasteiger partial charge in [0.15, 0.2) is 11.5 Å². The number of amides is 1. The van der Waals surface area contributed by atoms with E-state index in [4.69, 9.17) is 4.74 Å². The summed E-state index contributed by atoms with van der Waals surface area (Å²) in [6.07, 6.45) is 1.64. The number of aromatic nitrogens is 1. The van der Waals surface area contributed by atoms with Crippen LogP contribution in [0.25, 0.3) is 0 Å². The van der Waals surface area contributed by atoms with Crippen molar-refractivity contribution in [2.75, 3.05) is 7.11 Å². The van der Waals surface area contributed by atoms with Gasteiger partial charge in [-0.05, 0) is 37.3 Å². The van der Waals surface area contributed by atoms with Gasteiger partial charge < -0.3 is 14.8 Å². The maximum Gasteiger partial charge on any atom is 0.387 e. The van der Waals surface area contributed by atoms with E-state index in [1.165, 1.54) is 25.3 Å². The molecule has 0 unspecified atom stereocenters. The van der Waals surface area contributed by atoms with E-state index in [0.717, 1.165) is 0 Å². The van der Waals surface area contributed by atoms with Crippen LogP contribution in [0.1, 0.15) is 29.0 Å². The predicted octanol–water partition coefficient (Wildman–Crippen LogP) is 3.18. The third-order valence-corrected chi connectivity index (χ3v) is 3.12. The second kappa shape index (κ2) is 7.53. The normalized spacial score (nSPS) is 11.9. The van der Waals surface area contributed by atoms with Gasteiger partial charge in [-0.2, -0.15) is 8.78 Å². The summed E-state index contributed by atoms with van der Waals surface area (Å²) in [6, 6.07) is 9.11. The fourth-order valence-corrected chi connectivity index (χ4v) is 1.99. The van der Waals surface area contributed by atoms with Gasteiger partial charge in [0.2, 0.25) is 0 Å². The van der Waals surface area contributed by atoms with Crippen LogP contribution in [0, 0.1) is 0 Å². The number of carbonyl (C=O) groups excluding carboxylic acids is 1. The SMILES string of the molecule is COc1cc(C(=O)N[C@H](C)c2ccccn2)ccc1OC(F)F. The second-order valence-electron chi connectivity index (χ2n) is 4.69. The topological polar surface area (TPSA) is 60.5 Å². The van der Waals surface area contributed by atoms with Crippen LogP contribution in [-0.4, -0.2) is 24.6 Å². The summed E-state index contributed by atoms with van der Waals surface area (Å²) in [5, 5.41) is 2.78. The Morgan fingerprint density at radius 3 is 2.61 bits per heavy atom. The Balaban J connectivity index is 2.13. The molecule has 0 saturated carbocycles. The lowest BCUT2D eigenvalue weighted by atomic mass is 10.1. The summed E-state index contributed by atoms with van der Waals surface area (Å²) in [6.45, 7) is -1.17. The minimum Gasteiger partial charge on any atom is -0.493 e. The molecule has 122 valence electrons. The van der Waals surface area contributed by atoms with E-state index in [0.29, 0.717) is 5.69 Å². The highest BCUT2D eigenvalue weighted by Crippen LogP contribution is 2.29. The van der Waals surface area contributed by atoms with Gasteiger partial charge in [0.05, 0.1) is 18.8 Å². The van der Waals surface area contributed by atoms with Gasteiger partial charge in [0, 0.05) is 11.8 Å².